The summed E-state index contributed by atoms with van der Waals surface area (Å²) in [4.78, 5) is 49.7. The van der Waals surface area contributed by atoms with E-state index in [2.05, 4.69) is 60.9 Å². The van der Waals surface area contributed by atoms with Crippen LogP contribution in [0.15, 0.2) is 36.9 Å². The maximum absolute atomic E-state index is 14.8. The molecule has 14 nitrogen and oxygen atoms in total. The minimum Gasteiger partial charge on any atom is -0.363 e. The number of carbonyl (C=O) groups is 2. The summed E-state index contributed by atoms with van der Waals surface area (Å²) in [6.07, 6.45) is 18.7. The van der Waals surface area contributed by atoms with Crippen molar-refractivity contribution in [2.24, 2.45) is 22.7 Å². The third-order valence-corrected chi connectivity index (χ3v) is 14.0. The highest BCUT2D eigenvalue weighted by Gasteiger charge is 2.50. The molecule has 4 unspecified atom stereocenters. The number of pyridine rings is 2. The Morgan fingerprint density at radius 1 is 0.581 bits per heavy atom. The van der Waals surface area contributed by atoms with Crippen molar-refractivity contribution < 1.29 is 27.2 Å². The van der Waals surface area contributed by atoms with Crippen LogP contribution in [0.5, 0.6) is 0 Å². The summed E-state index contributed by atoms with van der Waals surface area (Å²) < 4.78 is 57.0. The predicted octanol–water partition coefficient (Wildman–Crippen LogP) is 8.85. The number of rotatable bonds is 8. The molecule has 6 heterocycles. The molecule has 0 radical (unpaired) electrons. The molecule has 18 heteroatoms. The van der Waals surface area contributed by atoms with Crippen LogP contribution in [-0.4, -0.2) is 73.9 Å². The van der Waals surface area contributed by atoms with Gasteiger partial charge < -0.3 is 10.6 Å². The number of hydrogen-bond donors (Lipinski definition) is 4. The van der Waals surface area contributed by atoms with Crippen LogP contribution in [0.2, 0.25) is 0 Å². The summed E-state index contributed by atoms with van der Waals surface area (Å²) in [5.41, 5.74) is 1.36. The van der Waals surface area contributed by atoms with Gasteiger partial charge in [-0.2, -0.15) is 10.2 Å². The number of anilines is 2. The molecule has 324 valence electrons. The Bertz CT molecular complexity index is 2460. The smallest absolute Gasteiger partial charge is 0.183 e. The van der Waals surface area contributed by atoms with Crippen LogP contribution in [0.25, 0.3) is 45.1 Å². The molecule has 0 bridgehead atoms. The molecule has 10 rings (SSSR count). The first-order valence-corrected chi connectivity index (χ1v) is 21.5. The van der Waals surface area contributed by atoms with Gasteiger partial charge in [0, 0.05) is 23.9 Å². The highest BCUT2D eigenvalue weighted by atomic mass is 19.1. The van der Waals surface area contributed by atoms with Crippen molar-refractivity contribution in [3.8, 4) is 23.0 Å². The maximum Gasteiger partial charge on any atom is 0.183 e. The second kappa shape index (κ2) is 16.7. The standard InChI is InChI=1S/2C22H24F2N6O/c2*1-12(31)14-5-4-8-22(6-2-3-7-22)18(14)27-20-16(24)11-26-21(28-20)17-15-9-13(23)10-25-19(15)30-29-17/h2*9-11,14,18H,2-8H2,1H3,(H,25,29,30)(H,26,27,28). The van der Waals surface area contributed by atoms with Crippen molar-refractivity contribution in [2.45, 2.75) is 116 Å². The van der Waals surface area contributed by atoms with E-state index < -0.39 is 23.3 Å². The number of nitrogens with one attached hydrogen (secondary N) is 4. The van der Waals surface area contributed by atoms with Crippen molar-refractivity contribution in [3.05, 3.63) is 60.2 Å². The minimum absolute atomic E-state index is 0.0140. The van der Waals surface area contributed by atoms with Crippen LogP contribution in [0, 0.1) is 45.9 Å². The van der Waals surface area contributed by atoms with Crippen molar-refractivity contribution in [3.63, 3.8) is 0 Å². The molecule has 6 aromatic heterocycles. The highest BCUT2D eigenvalue weighted by Crippen LogP contribution is 2.53. The molecular formula is C44H48F4N12O2. The fourth-order valence-electron chi connectivity index (χ4n) is 11.1. The molecule has 0 aliphatic heterocycles. The molecular weight excluding hydrogens is 805 g/mol. The van der Waals surface area contributed by atoms with Gasteiger partial charge in [0.1, 0.15) is 34.6 Å². The number of ketones is 2. The zero-order chi connectivity index (χ0) is 43.2. The summed E-state index contributed by atoms with van der Waals surface area (Å²) in [6, 6.07) is 2.25. The minimum atomic E-state index is -0.585. The second-order valence-corrected chi connectivity index (χ2v) is 17.6. The van der Waals surface area contributed by atoms with Crippen molar-refractivity contribution in [2.75, 3.05) is 10.6 Å². The van der Waals surface area contributed by atoms with Gasteiger partial charge in [-0.1, -0.05) is 38.5 Å². The zero-order valence-corrected chi connectivity index (χ0v) is 34.6. The van der Waals surface area contributed by atoms with E-state index in [0.29, 0.717) is 33.5 Å². The van der Waals surface area contributed by atoms with E-state index in [9.17, 15) is 27.2 Å². The summed E-state index contributed by atoms with van der Waals surface area (Å²) in [6.45, 7) is 3.24. The Kier molecular flexibility index (Phi) is 11.2. The van der Waals surface area contributed by atoms with Gasteiger partial charge in [0.2, 0.25) is 0 Å². The Morgan fingerprint density at radius 3 is 1.35 bits per heavy atom. The average Bonchev–Trinajstić information content (AvgIpc) is 4.09. The molecule has 6 aromatic rings. The molecule has 4 atom stereocenters. The first-order chi connectivity index (χ1) is 29.9. The Labute approximate surface area is 354 Å². The van der Waals surface area contributed by atoms with Gasteiger partial charge in [0.25, 0.3) is 0 Å². The van der Waals surface area contributed by atoms with Gasteiger partial charge >= 0.3 is 0 Å². The van der Waals surface area contributed by atoms with Crippen molar-refractivity contribution in [1.82, 2.24) is 50.3 Å². The Hall–Kier alpha value is -5.94. The first-order valence-electron chi connectivity index (χ1n) is 21.5. The largest absolute Gasteiger partial charge is 0.363 e. The van der Waals surface area contributed by atoms with E-state index in [4.69, 9.17) is 0 Å². The lowest BCUT2D eigenvalue weighted by Gasteiger charge is -2.46. The van der Waals surface area contributed by atoms with Crippen molar-refractivity contribution in [1.29, 1.82) is 0 Å². The van der Waals surface area contributed by atoms with Gasteiger partial charge in [-0.3, -0.25) is 19.8 Å². The SMILES string of the molecule is CC(=O)C1CCCC2(CCCC2)C1Nc1nc(-c2[nH]nc3ncc(F)cc23)ncc1F.CC(=O)C1CCCC2(CCCC2)C1Nc1nc(-c2[nH]nc3ncc(F)cc23)ncc1F. The van der Waals surface area contributed by atoms with Crippen LogP contribution in [-0.2, 0) is 9.59 Å². The third-order valence-electron chi connectivity index (χ3n) is 14.0. The number of fused-ring (bicyclic) bond motifs is 2. The zero-order valence-electron chi connectivity index (χ0n) is 34.6. The van der Waals surface area contributed by atoms with Gasteiger partial charge in [-0.15, -0.1) is 0 Å². The van der Waals surface area contributed by atoms with E-state index in [-0.39, 0.29) is 69.6 Å². The number of carbonyl (C=O) groups excluding carboxylic acids is 2. The molecule has 62 heavy (non-hydrogen) atoms. The molecule has 4 fully saturated rings. The van der Waals surface area contributed by atoms with Crippen LogP contribution in [0.1, 0.15) is 104 Å². The number of halogens is 4. The number of aromatic nitrogens is 10. The fourth-order valence-corrected chi connectivity index (χ4v) is 11.1. The molecule has 0 aromatic carbocycles. The molecule has 4 aliphatic rings. The molecule has 4 saturated carbocycles. The van der Waals surface area contributed by atoms with Gasteiger partial charge in [0.05, 0.1) is 35.6 Å². The summed E-state index contributed by atoms with van der Waals surface area (Å²) in [5, 5.41) is 21.1. The number of hydrogen-bond acceptors (Lipinski definition) is 12. The average molecular weight is 853 g/mol. The molecule has 2 spiro atoms. The normalized spacial score (nSPS) is 22.8. The van der Waals surface area contributed by atoms with E-state index >= 15 is 0 Å². The lowest BCUT2D eigenvalue weighted by Crippen LogP contribution is -2.49. The van der Waals surface area contributed by atoms with E-state index in [1.54, 1.807) is 13.8 Å². The molecule has 0 amide bonds. The van der Waals surface area contributed by atoms with Crippen LogP contribution < -0.4 is 10.6 Å². The second-order valence-electron chi connectivity index (χ2n) is 17.6. The number of aromatic amines is 2. The lowest BCUT2D eigenvalue weighted by molar-refractivity contribution is -0.124. The van der Waals surface area contributed by atoms with Crippen LogP contribution in [0.3, 0.4) is 0 Å². The summed E-state index contributed by atoms with van der Waals surface area (Å²) in [5.74, 6) is -1.79. The van der Waals surface area contributed by atoms with Gasteiger partial charge in [-0.05, 0) is 88.2 Å². The van der Waals surface area contributed by atoms with Crippen molar-refractivity contribution >= 4 is 45.3 Å². The van der Waals surface area contributed by atoms with Crippen LogP contribution in [0.4, 0.5) is 29.2 Å². The molecule has 0 saturated heterocycles. The number of H-pyrrole nitrogens is 2. The fraction of sp³-hybridized carbons (Fsp3) is 0.500. The summed E-state index contributed by atoms with van der Waals surface area (Å²) >= 11 is 0. The lowest BCUT2D eigenvalue weighted by atomic mass is 9.63. The number of nitrogens with zero attached hydrogens (tertiary/aromatic N) is 8. The van der Waals surface area contributed by atoms with E-state index in [1.165, 1.54) is 12.1 Å². The summed E-state index contributed by atoms with van der Waals surface area (Å²) in [7, 11) is 0. The predicted molar refractivity (Wildman–Crippen MR) is 222 cm³/mol. The first kappa shape index (κ1) is 41.4. The quantitative estimate of drug-likeness (QED) is 0.107. The monoisotopic (exact) mass is 852 g/mol. The Balaban J connectivity index is 0.000000158. The van der Waals surface area contributed by atoms with Gasteiger partial charge in [-0.25, -0.2) is 47.5 Å². The van der Waals surface area contributed by atoms with E-state index in [0.717, 1.165) is 115 Å². The maximum atomic E-state index is 14.8. The topological polar surface area (TPSA) is 193 Å². The molecule has 4 aliphatic carbocycles. The Morgan fingerprint density at radius 2 is 0.968 bits per heavy atom. The highest BCUT2D eigenvalue weighted by molar-refractivity contribution is 5.89. The third kappa shape index (κ3) is 7.76. The van der Waals surface area contributed by atoms with E-state index in [1.807, 2.05) is 0 Å². The van der Waals surface area contributed by atoms with Crippen LogP contribution >= 0.6 is 0 Å². The van der Waals surface area contributed by atoms with Gasteiger partial charge in [0.15, 0.2) is 46.2 Å². The molecule has 4 N–H and O–H groups in total. The number of Topliss-reactive ketones (excluding diaryl/α,β-unsaturated/α-hetero) is 2.